The summed E-state index contributed by atoms with van der Waals surface area (Å²) in [7, 11) is 0. The molecule has 2 N–H and O–H groups in total. The Hall–Kier alpha value is -0.800. The molecule has 3 heteroatoms. The van der Waals surface area contributed by atoms with Crippen molar-refractivity contribution in [2.45, 2.75) is 38.8 Å². The first kappa shape index (κ1) is 11.3. The second-order valence-electron chi connectivity index (χ2n) is 3.55. The van der Waals surface area contributed by atoms with Crippen LogP contribution in [-0.2, 0) is 13.2 Å². The van der Waals surface area contributed by atoms with E-state index in [2.05, 4.69) is 4.57 Å². The van der Waals surface area contributed by atoms with Gasteiger partial charge in [-0.15, -0.1) is 0 Å². The Morgan fingerprint density at radius 3 is 2.50 bits per heavy atom. The molecule has 0 amide bonds. The number of hydrogen-bond acceptors (Lipinski definition) is 2. The lowest BCUT2D eigenvalue weighted by Crippen LogP contribution is -1.94. The van der Waals surface area contributed by atoms with Gasteiger partial charge in [-0.1, -0.05) is 12.8 Å². The molecule has 0 bridgehead atoms. The van der Waals surface area contributed by atoms with Crippen LogP contribution >= 0.6 is 0 Å². The van der Waals surface area contributed by atoms with E-state index in [1.54, 1.807) is 0 Å². The van der Waals surface area contributed by atoms with E-state index in [1.165, 1.54) is 0 Å². The Balaban J connectivity index is 2.12. The maximum atomic E-state index is 8.85. The smallest absolute Gasteiger partial charge is 0.0696 e. The van der Waals surface area contributed by atoms with Crippen molar-refractivity contribution in [3.05, 3.63) is 24.0 Å². The molecule has 0 radical (unpaired) electrons. The number of nitrogens with zero attached hydrogens (tertiary/aromatic N) is 1. The second-order valence-corrected chi connectivity index (χ2v) is 3.55. The summed E-state index contributed by atoms with van der Waals surface area (Å²) in [6.45, 7) is 1.43. The van der Waals surface area contributed by atoms with E-state index < -0.39 is 0 Å². The van der Waals surface area contributed by atoms with Crippen molar-refractivity contribution >= 4 is 0 Å². The lowest BCUT2D eigenvalue weighted by molar-refractivity contribution is 0.281. The summed E-state index contributed by atoms with van der Waals surface area (Å²) in [5.41, 5.74) is 0.973. The highest BCUT2D eigenvalue weighted by molar-refractivity contribution is 5.08. The molecule has 0 aliphatic carbocycles. The van der Waals surface area contributed by atoms with Crippen molar-refractivity contribution in [2.75, 3.05) is 6.61 Å². The van der Waals surface area contributed by atoms with Gasteiger partial charge < -0.3 is 14.8 Å². The maximum Gasteiger partial charge on any atom is 0.0696 e. The van der Waals surface area contributed by atoms with E-state index in [0.29, 0.717) is 6.61 Å². The average molecular weight is 197 g/mol. The predicted molar refractivity (Wildman–Crippen MR) is 55.9 cm³/mol. The first-order chi connectivity index (χ1) is 6.86. The molecule has 1 aromatic heterocycles. The van der Waals surface area contributed by atoms with Crippen molar-refractivity contribution in [3.8, 4) is 0 Å². The number of rotatable bonds is 7. The summed E-state index contributed by atoms with van der Waals surface area (Å²) in [5.74, 6) is 0. The van der Waals surface area contributed by atoms with Crippen molar-refractivity contribution in [1.29, 1.82) is 0 Å². The highest BCUT2D eigenvalue weighted by Crippen LogP contribution is 2.05. The molecule has 0 aliphatic rings. The monoisotopic (exact) mass is 197 g/mol. The zero-order valence-corrected chi connectivity index (χ0v) is 8.52. The number of aliphatic hydroxyl groups excluding tert-OH is 2. The van der Waals surface area contributed by atoms with E-state index in [1.807, 2.05) is 18.5 Å². The molecule has 3 nitrogen and oxygen atoms in total. The van der Waals surface area contributed by atoms with Crippen LogP contribution < -0.4 is 0 Å². The van der Waals surface area contributed by atoms with Crippen molar-refractivity contribution < 1.29 is 10.2 Å². The normalized spacial score (nSPS) is 10.7. The molecule has 0 saturated carbocycles. The minimum absolute atomic E-state index is 0.123. The minimum atomic E-state index is 0.123. The number of aromatic nitrogens is 1. The highest BCUT2D eigenvalue weighted by atomic mass is 16.3. The van der Waals surface area contributed by atoms with Gasteiger partial charge in [0.15, 0.2) is 0 Å². The van der Waals surface area contributed by atoms with Crippen LogP contribution in [0.15, 0.2) is 18.5 Å². The van der Waals surface area contributed by atoms with Crippen LogP contribution in [0, 0.1) is 0 Å². The van der Waals surface area contributed by atoms with E-state index in [-0.39, 0.29) is 6.61 Å². The van der Waals surface area contributed by atoms with Crippen LogP contribution in [0.25, 0.3) is 0 Å². The molecule has 0 fully saturated rings. The standard InChI is InChI=1S/C11H19NO2/c13-8-4-2-1-3-6-12-7-5-11(9-12)10-14/h5,7,9,13-14H,1-4,6,8,10H2. The first-order valence-electron chi connectivity index (χ1n) is 5.23. The maximum absolute atomic E-state index is 8.85. The van der Waals surface area contributed by atoms with Crippen LogP contribution in [0.2, 0.25) is 0 Å². The van der Waals surface area contributed by atoms with Crippen LogP contribution in [0.5, 0.6) is 0 Å². The Morgan fingerprint density at radius 2 is 1.86 bits per heavy atom. The highest BCUT2D eigenvalue weighted by Gasteiger charge is 1.95. The number of hydrogen-bond donors (Lipinski definition) is 2. The van der Waals surface area contributed by atoms with E-state index in [0.717, 1.165) is 37.8 Å². The molecule has 0 saturated heterocycles. The third kappa shape index (κ3) is 3.94. The molecule has 80 valence electrons. The summed E-state index contributed by atoms with van der Waals surface area (Å²) < 4.78 is 2.10. The summed E-state index contributed by atoms with van der Waals surface area (Å²) in [6.07, 6.45) is 8.29. The van der Waals surface area contributed by atoms with Crippen LogP contribution in [-0.4, -0.2) is 21.4 Å². The van der Waals surface area contributed by atoms with Crippen molar-refractivity contribution in [2.24, 2.45) is 0 Å². The van der Waals surface area contributed by atoms with E-state index in [9.17, 15) is 0 Å². The number of aryl methyl sites for hydroxylation is 1. The Morgan fingerprint density at radius 1 is 1.07 bits per heavy atom. The Kier molecular flexibility index (Phi) is 5.33. The fourth-order valence-electron chi connectivity index (χ4n) is 1.48. The van der Waals surface area contributed by atoms with Crippen molar-refractivity contribution in [1.82, 2.24) is 4.57 Å². The van der Waals surface area contributed by atoms with Gasteiger partial charge in [0, 0.05) is 25.5 Å². The van der Waals surface area contributed by atoms with Gasteiger partial charge in [-0.05, 0) is 24.5 Å². The van der Waals surface area contributed by atoms with Gasteiger partial charge in [0.1, 0.15) is 0 Å². The SMILES string of the molecule is OCCCCCCn1ccc(CO)c1. The minimum Gasteiger partial charge on any atom is -0.396 e. The number of unbranched alkanes of at least 4 members (excludes halogenated alkanes) is 3. The number of aliphatic hydroxyl groups is 2. The fourth-order valence-corrected chi connectivity index (χ4v) is 1.48. The molecule has 1 aromatic rings. The van der Waals surface area contributed by atoms with E-state index >= 15 is 0 Å². The largest absolute Gasteiger partial charge is 0.396 e. The van der Waals surface area contributed by atoms with Gasteiger partial charge in [-0.3, -0.25) is 0 Å². The molecule has 1 rings (SSSR count). The van der Waals surface area contributed by atoms with Gasteiger partial charge in [-0.2, -0.15) is 0 Å². The summed E-state index contributed by atoms with van der Waals surface area (Å²) in [6, 6.07) is 1.94. The zero-order chi connectivity index (χ0) is 10.2. The van der Waals surface area contributed by atoms with Gasteiger partial charge in [0.05, 0.1) is 6.61 Å². The van der Waals surface area contributed by atoms with Gasteiger partial charge in [0.2, 0.25) is 0 Å². The second kappa shape index (κ2) is 6.62. The van der Waals surface area contributed by atoms with Gasteiger partial charge >= 0.3 is 0 Å². The molecule has 0 spiro atoms. The molecule has 1 heterocycles. The first-order valence-corrected chi connectivity index (χ1v) is 5.23. The molecule has 0 atom stereocenters. The Bertz CT molecular complexity index is 245. The molecular formula is C11H19NO2. The van der Waals surface area contributed by atoms with Crippen LogP contribution in [0.1, 0.15) is 31.2 Å². The molecule has 0 unspecified atom stereocenters. The third-order valence-corrected chi connectivity index (χ3v) is 2.32. The van der Waals surface area contributed by atoms with Gasteiger partial charge in [0.25, 0.3) is 0 Å². The molecule has 14 heavy (non-hydrogen) atoms. The van der Waals surface area contributed by atoms with Crippen LogP contribution in [0.3, 0.4) is 0 Å². The molecule has 0 aliphatic heterocycles. The lowest BCUT2D eigenvalue weighted by atomic mass is 10.2. The summed E-state index contributed by atoms with van der Waals surface area (Å²) in [4.78, 5) is 0. The van der Waals surface area contributed by atoms with E-state index in [4.69, 9.17) is 10.2 Å². The third-order valence-electron chi connectivity index (χ3n) is 2.32. The fraction of sp³-hybridized carbons (Fsp3) is 0.636. The zero-order valence-electron chi connectivity index (χ0n) is 8.52. The molecule has 0 aromatic carbocycles. The van der Waals surface area contributed by atoms with Gasteiger partial charge in [-0.25, -0.2) is 0 Å². The molecular weight excluding hydrogens is 178 g/mol. The Labute approximate surface area is 85.0 Å². The summed E-state index contributed by atoms with van der Waals surface area (Å²) >= 11 is 0. The lowest BCUT2D eigenvalue weighted by Gasteiger charge is -2.02. The van der Waals surface area contributed by atoms with Crippen LogP contribution in [0.4, 0.5) is 0 Å². The predicted octanol–water partition coefficient (Wildman–Crippen LogP) is 1.53. The quantitative estimate of drug-likeness (QED) is 0.651. The van der Waals surface area contributed by atoms with Crippen molar-refractivity contribution in [3.63, 3.8) is 0 Å². The summed E-state index contributed by atoms with van der Waals surface area (Å²) in [5, 5.41) is 17.4. The topological polar surface area (TPSA) is 45.4 Å². The average Bonchev–Trinajstić information content (AvgIpc) is 2.65.